The van der Waals surface area contributed by atoms with Gasteiger partial charge in [0.2, 0.25) is 5.91 Å². The van der Waals surface area contributed by atoms with E-state index in [4.69, 9.17) is 0 Å². The fourth-order valence-electron chi connectivity index (χ4n) is 2.15. The molecule has 0 spiro atoms. The normalized spacial score (nSPS) is 10.5. The molecule has 0 bridgehead atoms. The van der Waals surface area contributed by atoms with Gasteiger partial charge in [0.05, 0.1) is 20.9 Å². The Morgan fingerprint density at radius 1 is 1.05 bits per heavy atom. The number of hydrogen-bond acceptors (Lipinski definition) is 4. The van der Waals surface area contributed by atoms with Crippen LogP contribution < -0.4 is 10.9 Å². The van der Waals surface area contributed by atoms with Gasteiger partial charge in [0, 0.05) is 6.42 Å². The smallest absolute Gasteiger partial charge is 0.238 e. The molecule has 22 heavy (non-hydrogen) atoms. The fraction of sp³-hybridized carbons (Fsp3) is 0.176. The fourth-order valence-corrected chi connectivity index (χ4v) is 3.16. The number of aryl methyl sites for hydroxylation is 1. The van der Waals surface area contributed by atoms with Crippen molar-refractivity contribution in [2.24, 2.45) is 0 Å². The summed E-state index contributed by atoms with van der Waals surface area (Å²) in [5.74, 6) is -0.00929. The highest BCUT2D eigenvalue weighted by Crippen LogP contribution is 2.22. The van der Waals surface area contributed by atoms with E-state index in [1.807, 2.05) is 48.5 Å². The van der Waals surface area contributed by atoms with E-state index in [0.29, 0.717) is 6.42 Å². The van der Waals surface area contributed by atoms with Crippen LogP contribution in [0.2, 0.25) is 0 Å². The number of amides is 1. The van der Waals surface area contributed by atoms with E-state index < -0.39 is 0 Å². The van der Waals surface area contributed by atoms with Crippen LogP contribution in [0.1, 0.15) is 17.8 Å². The van der Waals surface area contributed by atoms with Gasteiger partial charge in [0.1, 0.15) is 0 Å². The lowest BCUT2D eigenvalue weighted by molar-refractivity contribution is -0.120. The third-order valence-corrected chi connectivity index (χ3v) is 4.35. The highest BCUT2D eigenvalue weighted by atomic mass is 32.1. The standard InChI is InChI=1S/C17H17N3OS/c21-16(20-19-13-7-2-1-3-8-13)11-6-12-17-18-14-9-4-5-10-15(14)22-17/h1-5,7-10,19H,6,11-12H2,(H,20,21). The van der Waals surface area contributed by atoms with E-state index in [2.05, 4.69) is 21.9 Å². The van der Waals surface area contributed by atoms with E-state index >= 15 is 0 Å². The Bertz CT molecular complexity index is 722. The van der Waals surface area contributed by atoms with Gasteiger partial charge in [0.15, 0.2) is 0 Å². The zero-order valence-electron chi connectivity index (χ0n) is 12.1. The van der Waals surface area contributed by atoms with Crippen LogP contribution in [0.5, 0.6) is 0 Å². The molecular weight excluding hydrogens is 294 g/mol. The van der Waals surface area contributed by atoms with Gasteiger partial charge in [-0.25, -0.2) is 4.98 Å². The molecule has 1 heterocycles. The number of hydrogen-bond donors (Lipinski definition) is 2. The molecule has 0 radical (unpaired) electrons. The predicted octanol–water partition coefficient (Wildman–Crippen LogP) is 3.76. The lowest BCUT2D eigenvalue weighted by Gasteiger charge is -2.07. The summed E-state index contributed by atoms with van der Waals surface area (Å²) in [6.07, 6.45) is 2.11. The van der Waals surface area contributed by atoms with Crippen molar-refractivity contribution in [2.75, 3.05) is 5.43 Å². The van der Waals surface area contributed by atoms with Crippen molar-refractivity contribution < 1.29 is 4.79 Å². The summed E-state index contributed by atoms with van der Waals surface area (Å²) in [5, 5.41) is 1.09. The van der Waals surface area contributed by atoms with Gasteiger partial charge in [-0.05, 0) is 37.1 Å². The molecule has 0 aliphatic heterocycles. The maximum absolute atomic E-state index is 11.8. The number of para-hydroxylation sites is 2. The number of benzene rings is 2. The Morgan fingerprint density at radius 3 is 2.64 bits per heavy atom. The molecule has 0 saturated heterocycles. The molecular formula is C17H17N3OS. The van der Waals surface area contributed by atoms with Crippen molar-refractivity contribution in [3.05, 3.63) is 59.6 Å². The Labute approximate surface area is 133 Å². The van der Waals surface area contributed by atoms with E-state index in [1.54, 1.807) is 11.3 Å². The Kier molecular flexibility index (Phi) is 4.65. The summed E-state index contributed by atoms with van der Waals surface area (Å²) in [6, 6.07) is 17.7. The number of hydrazine groups is 1. The monoisotopic (exact) mass is 311 g/mol. The molecule has 0 aliphatic carbocycles. The number of thiazole rings is 1. The molecule has 5 heteroatoms. The van der Waals surface area contributed by atoms with Crippen molar-refractivity contribution in [2.45, 2.75) is 19.3 Å². The SMILES string of the molecule is O=C(CCCc1nc2ccccc2s1)NNc1ccccc1. The maximum atomic E-state index is 11.8. The van der Waals surface area contributed by atoms with Gasteiger partial charge in [-0.1, -0.05) is 30.3 Å². The first kappa shape index (κ1) is 14.5. The summed E-state index contributed by atoms with van der Waals surface area (Å²) < 4.78 is 1.20. The topological polar surface area (TPSA) is 54.0 Å². The predicted molar refractivity (Wildman–Crippen MR) is 90.8 cm³/mol. The molecule has 0 saturated carbocycles. The van der Waals surface area contributed by atoms with Crippen LogP contribution in [0.15, 0.2) is 54.6 Å². The third-order valence-electron chi connectivity index (χ3n) is 3.25. The number of anilines is 1. The van der Waals surface area contributed by atoms with Crippen LogP contribution in [0.3, 0.4) is 0 Å². The molecule has 1 amide bonds. The maximum Gasteiger partial charge on any atom is 0.238 e. The number of fused-ring (bicyclic) bond motifs is 1. The highest BCUT2D eigenvalue weighted by molar-refractivity contribution is 7.18. The third kappa shape index (κ3) is 3.83. The van der Waals surface area contributed by atoms with E-state index in [-0.39, 0.29) is 5.91 Å². The van der Waals surface area contributed by atoms with Crippen LogP contribution in [-0.2, 0) is 11.2 Å². The van der Waals surface area contributed by atoms with E-state index in [1.165, 1.54) is 4.70 Å². The zero-order valence-corrected chi connectivity index (χ0v) is 12.9. The van der Waals surface area contributed by atoms with Gasteiger partial charge >= 0.3 is 0 Å². The van der Waals surface area contributed by atoms with Crippen molar-refractivity contribution in [1.82, 2.24) is 10.4 Å². The molecule has 4 nitrogen and oxygen atoms in total. The minimum absolute atomic E-state index is 0.00929. The molecule has 3 rings (SSSR count). The molecule has 0 fully saturated rings. The highest BCUT2D eigenvalue weighted by Gasteiger charge is 2.05. The first-order valence-corrected chi connectivity index (χ1v) is 8.07. The number of carbonyl (C=O) groups is 1. The lowest BCUT2D eigenvalue weighted by Crippen LogP contribution is -2.29. The zero-order chi connectivity index (χ0) is 15.2. The van der Waals surface area contributed by atoms with Crippen molar-refractivity contribution in [1.29, 1.82) is 0 Å². The van der Waals surface area contributed by atoms with Crippen LogP contribution >= 0.6 is 11.3 Å². The number of carbonyl (C=O) groups excluding carboxylic acids is 1. The first-order chi connectivity index (χ1) is 10.8. The molecule has 1 aromatic heterocycles. The molecule has 0 aliphatic rings. The Morgan fingerprint density at radius 2 is 1.82 bits per heavy atom. The summed E-state index contributed by atoms with van der Waals surface area (Å²) in [4.78, 5) is 16.4. The summed E-state index contributed by atoms with van der Waals surface area (Å²) in [5.41, 5.74) is 7.52. The molecule has 0 atom stereocenters. The average Bonchev–Trinajstić information content (AvgIpc) is 2.96. The van der Waals surface area contributed by atoms with Gasteiger partial charge in [-0.2, -0.15) is 0 Å². The van der Waals surface area contributed by atoms with E-state index in [0.717, 1.165) is 29.1 Å². The second-order valence-corrected chi connectivity index (χ2v) is 6.08. The van der Waals surface area contributed by atoms with Crippen LogP contribution in [0, 0.1) is 0 Å². The lowest BCUT2D eigenvalue weighted by atomic mass is 10.2. The van der Waals surface area contributed by atoms with Gasteiger partial charge in [0.25, 0.3) is 0 Å². The summed E-state index contributed by atoms with van der Waals surface area (Å²) in [7, 11) is 0. The van der Waals surface area contributed by atoms with Gasteiger partial charge in [-0.3, -0.25) is 15.6 Å². The second kappa shape index (κ2) is 7.04. The minimum Gasteiger partial charge on any atom is -0.299 e. The molecule has 2 aromatic carbocycles. The Balaban J connectivity index is 1.43. The van der Waals surface area contributed by atoms with Crippen molar-refractivity contribution >= 4 is 33.1 Å². The number of aromatic nitrogens is 1. The van der Waals surface area contributed by atoms with E-state index in [9.17, 15) is 4.79 Å². The van der Waals surface area contributed by atoms with Gasteiger partial charge < -0.3 is 0 Å². The second-order valence-electron chi connectivity index (χ2n) is 4.97. The van der Waals surface area contributed by atoms with Crippen LogP contribution in [-0.4, -0.2) is 10.9 Å². The number of nitrogens with one attached hydrogen (secondary N) is 2. The molecule has 0 unspecified atom stereocenters. The first-order valence-electron chi connectivity index (χ1n) is 7.25. The minimum atomic E-state index is -0.00929. The molecule has 2 N–H and O–H groups in total. The quantitative estimate of drug-likeness (QED) is 0.681. The van der Waals surface area contributed by atoms with Crippen molar-refractivity contribution in [3.63, 3.8) is 0 Å². The van der Waals surface area contributed by atoms with Crippen LogP contribution in [0.25, 0.3) is 10.2 Å². The Hall–Kier alpha value is -2.40. The molecule has 3 aromatic rings. The number of rotatable bonds is 6. The number of nitrogens with zero attached hydrogens (tertiary/aromatic N) is 1. The average molecular weight is 311 g/mol. The summed E-state index contributed by atoms with van der Waals surface area (Å²) >= 11 is 1.70. The summed E-state index contributed by atoms with van der Waals surface area (Å²) in [6.45, 7) is 0. The van der Waals surface area contributed by atoms with Crippen LogP contribution in [0.4, 0.5) is 5.69 Å². The largest absolute Gasteiger partial charge is 0.299 e. The van der Waals surface area contributed by atoms with Gasteiger partial charge in [-0.15, -0.1) is 11.3 Å². The molecule has 112 valence electrons. The van der Waals surface area contributed by atoms with Crippen molar-refractivity contribution in [3.8, 4) is 0 Å².